The second-order valence-corrected chi connectivity index (χ2v) is 5.15. The van der Waals surface area contributed by atoms with Gasteiger partial charge < -0.3 is 14.8 Å². The number of ether oxygens (including phenoxy) is 2. The Morgan fingerprint density at radius 3 is 3.29 bits per heavy atom. The van der Waals surface area contributed by atoms with Crippen LogP contribution in [0.5, 0.6) is 0 Å². The van der Waals surface area contributed by atoms with Gasteiger partial charge in [0.25, 0.3) is 0 Å². The van der Waals surface area contributed by atoms with Gasteiger partial charge in [-0.2, -0.15) is 11.3 Å². The van der Waals surface area contributed by atoms with Crippen LogP contribution < -0.4 is 5.32 Å². The fraction of sp³-hybridized carbons (Fsp3) is 0.692. The zero-order chi connectivity index (χ0) is 11.8. The fourth-order valence-corrected chi connectivity index (χ4v) is 2.58. The van der Waals surface area contributed by atoms with E-state index in [0.29, 0.717) is 6.10 Å². The molecule has 1 atom stereocenters. The lowest BCUT2D eigenvalue weighted by molar-refractivity contribution is 0.0166. The van der Waals surface area contributed by atoms with Gasteiger partial charge in [0.05, 0.1) is 12.7 Å². The van der Waals surface area contributed by atoms with Crippen molar-refractivity contribution in [3.63, 3.8) is 0 Å². The van der Waals surface area contributed by atoms with Crippen LogP contribution in [0.1, 0.15) is 24.8 Å². The second kappa shape index (κ2) is 7.82. The summed E-state index contributed by atoms with van der Waals surface area (Å²) in [6.07, 6.45) is 3.78. The van der Waals surface area contributed by atoms with Crippen LogP contribution in [0, 0.1) is 0 Å². The molecule has 1 N–H and O–H groups in total. The smallest absolute Gasteiger partial charge is 0.0809 e. The van der Waals surface area contributed by atoms with Crippen molar-refractivity contribution in [2.45, 2.75) is 31.9 Å². The van der Waals surface area contributed by atoms with Gasteiger partial charge in [-0.1, -0.05) is 0 Å². The molecule has 2 heterocycles. The van der Waals surface area contributed by atoms with Gasteiger partial charge in [-0.25, -0.2) is 0 Å². The van der Waals surface area contributed by atoms with Crippen molar-refractivity contribution in [1.82, 2.24) is 5.32 Å². The van der Waals surface area contributed by atoms with Crippen molar-refractivity contribution in [3.8, 4) is 0 Å². The van der Waals surface area contributed by atoms with Crippen LogP contribution in [0.15, 0.2) is 16.8 Å². The molecule has 4 heteroatoms. The van der Waals surface area contributed by atoms with Crippen LogP contribution in [-0.2, 0) is 16.0 Å². The Bertz CT molecular complexity index is 284. The Morgan fingerprint density at radius 1 is 1.53 bits per heavy atom. The molecule has 1 saturated heterocycles. The molecule has 1 fully saturated rings. The monoisotopic (exact) mass is 255 g/mol. The Kier molecular flexibility index (Phi) is 5.99. The van der Waals surface area contributed by atoms with E-state index in [1.54, 1.807) is 11.3 Å². The molecule has 1 aromatic heterocycles. The zero-order valence-electron chi connectivity index (χ0n) is 10.2. The molecule has 0 aromatic carbocycles. The van der Waals surface area contributed by atoms with Gasteiger partial charge in [0.2, 0.25) is 0 Å². The van der Waals surface area contributed by atoms with Gasteiger partial charge in [-0.15, -0.1) is 0 Å². The van der Waals surface area contributed by atoms with Gasteiger partial charge in [0.15, 0.2) is 0 Å². The third kappa shape index (κ3) is 5.17. The third-order valence-corrected chi connectivity index (χ3v) is 3.61. The second-order valence-electron chi connectivity index (χ2n) is 4.37. The summed E-state index contributed by atoms with van der Waals surface area (Å²) < 4.78 is 11.1. The fourth-order valence-electron chi connectivity index (χ4n) is 1.92. The highest BCUT2D eigenvalue weighted by Gasteiger charge is 2.14. The molecule has 3 nitrogen and oxygen atoms in total. The maximum Gasteiger partial charge on any atom is 0.0809 e. The first-order valence-electron chi connectivity index (χ1n) is 6.36. The first-order valence-corrected chi connectivity index (χ1v) is 7.30. The molecule has 1 aliphatic heterocycles. The lowest BCUT2D eigenvalue weighted by Crippen LogP contribution is -2.18. The molecule has 17 heavy (non-hydrogen) atoms. The van der Waals surface area contributed by atoms with E-state index in [4.69, 9.17) is 9.47 Å². The average molecular weight is 255 g/mol. The highest BCUT2D eigenvalue weighted by atomic mass is 32.1. The highest BCUT2D eigenvalue weighted by molar-refractivity contribution is 7.07. The summed E-state index contributed by atoms with van der Waals surface area (Å²) in [5.74, 6) is 0. The Morgan fingerprint density at radius 2 is 2.53 bits per heavy atom. The molecular formula is C13H21NO2S. The SMILES string of the molecule is c1cc(CNCCCOCC2CCCO2)cs1. The van der Waals surface area contributed by atoms with Gasteiger partial charge in [-0.3, -0.25) is 0 Å². The van der Waals surface area contributed by atoms with Gasteiger partial charge in [0.1, 0.15) is 0 Å². The van der Waals surface area contributed by atoms with Crippen molar-refractivity contribution in [2.24, 2.45) is 0 Å². The summed E-state index contributed by atoms with van der Waals surface area (Å²) in [6, 6.07) is 2.16. The van der Waals surface area contributed by atoms with Crippen molar-refractivity contribution in [3.05, 3.63) is 22.4 Å². The molecular weight excluding hydrogens is 234 g/mol. The molecule has 1 unspecified atom stereocenters. The van der Waals surface area contributed by atoms with E-state index in [1.807, 2.05) is 0 Å². The van der Waals surface area contributed by atoms with Crippen molar-refractivity contribution in [2.75, 3.05) is 26.4 Å². The normalized spacial score (nSPS) is 19.9. The van der Waals surface area contributed by atoms with E-state index in [-0.39, 0.29) is 0 Å². The van der Waals surface area contributed by atoms with Crippen molar-refractivity contribution in [1.29, 1.82) is 0 Å². The van der Waals surface area contributed by atoms with Gasteiger partial charge in [0, 0.05) is 19.8 Å². The summed E-state index contributed by atoms with van der Waals surface area (Å²) in [4.78, 5) is 0. The van der Waals surface area contributed by atoms with E-state index in [1.165, 1.54) is 12.0 Å². The summed E-state index contributed by atoms with van der Waals surface area (Å²) >= 11 is 1.75. The van der Waals surface area contributed by atoms with Crippen LogP contribution >= 0.6 is 11.3 Å². The molecule has 0 radical (unpaired) electrons. The summed E-state index contributed by atoms with van der Waals surface area (Å²) in [6.45, 7) is 4.49. The number of hydrogen-bond acceptors (Lipinski definition) is 4. The minimum Gasteiger partial charge on any atom is -0.379 e. The lowest BCUT2D eigenvalue weighted by Gasteiger charge is -2.10. The topological polar surface area (TPSA) is 30.5 Å². The number of thiophene rings is 1. The molecule has 2 rings (SSSR count). The van der Waals surface area contributed by atoms with Crippen LogP contribution in [0.4, 0.5) is 0 Å². The first-order chi connectivity index (χ1) is 8.45. The molecule has 0 spiro atoms. The van der Waals surface area contributed by atoms with Crippen LogP contribution in [-0.4, -0.2) is 32.5 Å². The minimum atomic E-state index is 0.355. The quantitative estimate of drug-likeness (QED) is 0.724. The maximum absolute atomic E-state index is 5.59. The highest BCUT2D eigenvalue weighted by Crippen LogP contribution is 2.11. The Balaban J connectivity index is 1.39. The standard InChI is InChI=1S/C13H21NO2S/c1-3-13(16-7-1)10-15-6-2-5-14-9-12-4-8-17-11-12/h4,8,11,13-14H,1-3,5-7,9-10H2. The molecule has 1 aromatic rings. The third-order valence-electron chi connectivity index (χ3n) is 2.88. The van der Waals surface area contributed by atoms with Crippen molar-refractivity contribution >= 4 is 11.3 Å². The number of nitrogens with one attached hydrogen (secondary N) is 1. The molecule has 96 valence electrons. The first kappa shape index (κ1) is 13.0. The summed E-state index contributed by atoms with van der Waals surface area (Å²) in [5.41, 5.74) is 1.37. The number of rotatable bonds is 8. The molecule has 0 saturated carbocycles. The minimum absolute atomic E-state index is 0.355. The largest absolute Gasteiger partial charge is 0.379 e. The van der Waals surface area contributed by atoms with Crippen LogP contribution in [0.25, 0.3) is 0 Å². The molecule has 0 aliphatic carbocycles. The van der Waals surface area contributed by atoms with Crippen LogP contribution in [0.3, 0.4) is 0 Å². The summed E-state index contributed by atoms with van der Waals surface area (Å²) in [7, 11) is 0. The van der Waals surface area contributed by atoms with E-state index in [0.717, 1.165) is 45.8 Å². The van der Waals surface area contributed by atoms with E-state index >= 15 is 0 Å². The van der Waals surface area contributed by atoms with Gasteiger partial charge >= 0.3 is 0 Å². The zero-order valence-corrected chi connectivity index (χ0v) is 11.0. The average Bonchev–Trinajstić information content (AvgIpc) is 3.00. The molecule has 0 bridgehead atoms. The van der Waals surface area contributed by atoms with Crippen molar-refractivity contribution < 1.29 is 9.47 Å². The van der Waals surface area contributed by atoms with Crippen LogP contribution in [0.2, 0.25) is 0 Å². The predicted octanol–water partition coefficient (Wildman–Crippen LogP) is 2.42. The molecule has 1 aliphatic rings. The summed E-state index contributed by atoms with van der Waals surface area (Å²) in [5, 5.41) is 7.71. The Labute approximate surface area is 107 Å². The Hall–Kier alpha value is -0.420. The van der Waals surface area contributed by atoms with E-state index in [2.05, 4.69) is 22.1 Å². The van der Waals surface area contributed by atoms with E-state index in [9.17, 15) is 0 Å². The van der Waals surface area contributed by atoms with E-state index < -0.39 is 0 Å². The van der Waals surface area contributed by atoms with Gasteiger partial charge in [-0.05, 0) is 48.2 Å². The lowest BCUT2D eigenvalue weighted by atomic mass is 10.2. The number of hydrogen-bond donors (Lipinski definition) is 1. The molecule has 0 amide bonds. The predicted molar refractivity (Wildman–Crippen MR) is 70.4 cm³/mol. The maximum atomic E-state index is 5.59.